The third-order valence-electron chi connectivity index (χ3n) is 3.43. The van der Waals surface area contributed by atoms with Crippen LogP contribution in [0, 0.1) is 13.8 Å². The molecule has 0 bridgehead atoms. The molecule has 0 fully saturated rings. The molecule has 2 rings (SSSR count). The van der Waals surface area contributed by atoms with Gasteiger partial charge in [0.1, 0.15) is 5.75 Å². The molecule has 2 aromatic carbocycles. The van der Waals surface area contributed by atoms with Crippen molar-refractivity contribution in [3.63, 3.8) is 0 Å². The van der Waals surface area contributed by atoms with Crippen LogP contribution < -0.4 is 20.9 Å². The van der Waals surface area contributed by atoms with Gasteiger partial charge in [-0.1, -0.05) is 40.2 Å². The summed E-state index contributed by atoms with van der Waals surface area (Å²) < 4.78 is 6.24. The van der Waals surface area contributed by atoms with Crippen LogP contribution in [0.2, 0.25) is 0 Å². The predicted octanol–water partition coefficient (Wildman–Crippen LogP) is 2.78. The number of hydrogen-bond acceptors (Lipinski definition) is 4. The number of ether oxygens (including phenoxy) is 1. The number of para-hydroxylation sites is 1. The monoisotopic (exact) mass is 435 g/mol. The summed E-state index contributed by atoms with van der Waals surface area (Å²) in [5.41, 5.74) is 7.23. The van der Waals surface area contributed by atoms with Gasteiger partial charge in [0.25, 0.3) is 11.8 Å². The summed E-state index contributed by atoms with van der Waals surface area (Å²) in [6.07, 6.45) is 0. The van der Waals surface area contributed by atoms with Gasteiger partial charge in [-0.25, -0.2) is 0 Å². The van der Waals surface area contributed by atoms with E-state index >= 15 is 0 Å². The molecule has 8 heteroatoms. The largest absolute Gasteiger partial charge is 0.483 e. The molecule has 0 saturated carbocycles. The summed E-state index contributed by atoms with van der Waals surface area (Å²) >= 11 is 8.37. The van der Waals surface area contributed by atoms with E-state index in [0.29, 0.717) is 11.3 Å². The zero-order valence-electron chi connectivity index (χ0n) is 14.3. The second-order valence-electron chi connectivity index (χ2n) is 5.47. The van der Waals surface area contributed by atoms with E-state index in [1.807, 2.05) is 38.1 Å². The van der Waals surface area contributed by atoms with Crippen molar-refractivity contribution in [2.45, 2.75) is 13.8 Å². The van der Waals surface area contributed by atoms with Gasteiger partial charge in [0, 0.05) is 10.0 Å². The molecule has 0 aromatic heterocycles. The average molecular weight is 436 g/mol. The molecule has 0 aliphatic heterocycles. The van der Waals surface area contributed by atoms with Crippen LogP contribution in [0.15, 0.2) is 46.9 Å². The summed E-state index contributed by atoms with van der Waals surface area (Å²) in [5.74, 6) is -0.181. The molecular weight excluding hydrogens is 418 g/mol. The number of hydrazine groups is 1. The van der Waals surface area contributed by atoms with Gasteiger partial charge in [-0.05, 0) is 55.4 Å². The van der Waals surface area contributed by atoms with E-state index in [1.165, 1.54) is 0 Å². The van der Waals surface area contributed by atoms with Crippen LogP contribution in [0.25, 0.3) is 0 Å². The van der Waals surface area contributed by atoms with Crippen LogP contribution in [0.1, 0.15) is 21.5 Å². The maximum Gasteiger partial charge on any atom is 0.276 e. The molecular formula is C18H18BrN3O3S. The Kier molecular flexibility index (Phi) is 7.11. The van der Waals surface area contributed by atoms with Crippen molar-refractivity contribution in [3.8, 4) is 5.75 Å². The Balaban J connectivity index is 1.77. The number of rotatable bonds is 4. The molecule has 0 spiro atoms. The minimum atomic E-state index is -0.428. The lowest BCUT2D eigenvalue weighted by Crippen LogP contribution is -2.49. The summed E-state index contributed by atoms with van der Waals surface area (Å²) in [6.45, 7) is 3.63. The van der Waals surface area contributed by atoms with Gasteiger partial charge in [0.2, 0.25) is 0 Å². The van der Waals surface area contributed by atoms with E-state index in [9.17, 15) is 9.59 Å². The molecule has 26 heavy (non-hydrogen) atoms. The first-order chi connectivity index (χ1) is 12.4. The molecule has 0 heterocycles. The molecule has 0 aliphatic carbocycles. The maximum atomic E-state index is 12.1. The van der Waals surface area contributed by atoms with Crippen LogP contribution in [-0.2, 0) is 4.79 Å². The number of thiocarbonyl (C=S) groups is 1. The molecule has 0 saturated heterocycles. The van der Waals surface area contributed by atoms with Crippen molar-refractivity contribution < 1.29 is 14.3 Å². The Labute approximate surface area is 165 Å². The Morgan fingerprint density at radius 2 is 1.81 bits per heavy atom. The number of aryl methyl sites for hydroxylation is 2. The molecule has 6 nitrogen and oxygen atoms in total. The fraction of sp³-hybridized carbons (Fsp3) is 0.167. The zero-order chi connectivity index (χ0) is 19.1. The highest BCUT2D eigenvalue weighted by Gasteiger charge is 2.10. The third kappa shape index (κ3) is 5.82. The fourth-order valence-corrected chi connectivity index (χ4v) is 2.49. The van der Waals surface area contributed by atoms with E-state index in [4.69, 9.17) is 17.0 Å². The van der Waals surface area contributed by atoms with Crippen molar-refractivity contribution in [2.24, 2.45) is 0 Å². The number of carbonyl (C=O) groups is 2. The van der Waals surface area contributed by atoms with Crippen molar-refractivity contribution in [1.82, 2.24) is 16.2 Å². The average Bonchev–Trinajstić information content (AvgIpc) is 2.61. The van der Waals surface area contributed by atoms with E-state index in [2.05, 4.69) is 32.1 Å². The van der Waals surface area contributed by atoms with E-state index < -0.39 is 5.91 Å². The molecule has 2 aromatic rings. The number of halogens is 1. The number of amides is 2. The Hall–Kier alpha value is -2.45. The number of nitrogens with one attached hydrogen (secondary N) is 3. The quantitative estimate of drug-likeness (QED) is 0.508. The van der Waals surface area contributed by atoms with Gasteiger partial charge < -0.3 is 4.74 Å². The van der Waals surface area contributed by atoms with Crippen LogP contribution in [0.4, 0.5) is 0 Å². The van der Waals surface area contributed by atoms with Gasteiger partial charge in [0.05, 0.1) is 0 Å². The summed E-state index contributed by atoms with van der Waals surface area (Å²) in [7, 11) is 0. The third-order valence-corrected chi connectivity index (χ3v) is 4.49. The lowest BCUT2D eigenvalue weighted by Gasteiger charge is -2.12. The van der Waals surface area contributed by atoms with E-state index in [-0.39, 0.29) is 17.6 Å². The highest BCUT2D eigenvalue weighted by Crippen LogP contribution is 2.17. The zero-order valence-corrected chi connectivity index (χ0v) is 16.7. The first kappa shape index (κ1) is 19.9. The predicted molar refractivity (Wildman–Crippen MR) is 107 cm³/mol. The van der Waals surface area contributed by atoms with Crippen LogP contribution in [0.5, 0.6) is 5.75 Å². The molecule has 0 radical (unpaired) electrons. The molecule has 0 aliphatic rings. The highest BCUT2D eigenvalue weighted by molar-refractivity contribution is 9.10. The minimum Gasteiger partial charge on any atom is -0.483 e. The first-order valence-electron chi connectivity index (χ1n) is 7.71. The van der Waals surface area contributed by atoms with Gasteiger partial charge in [0.15, 0.2) is 11.7 Å². The number of benzene rings is 2. The number of carbonyl (C=O) groups excluding carboxylic acids is 2. The Morgan fingerprint density at radius 3 is 2.50 bits per heavy atom. The second-order valence-corrected chi connectivity index (χ2v) is 6.74. The van der Waals surface area contributed by atoms with Gasteiger partial charge in [-0.15, -0.1) is 0 Å². The summed E-state index contributed by atoms with van der Waals surface area (Å²) in [5, 5.41) is 2.47. The first-order valence-corrected chi connectivity index (χ1v) is 8.91. The Bertz CT molecular complexity index is 842. The van der Waals surface area contributed by atoms with Crippen molar-refractivity contribution >= 4 is 45.1 Å². The van der Waals surface area contributed by atoms with E-state index in [1.54, 1.807) is 18.2 Å². The normalized spacial score (nSPS) is 9.96. The topological polar surface area (TPSA) is 79.5 Å². The van der Waals surface area contributed by atoms with Crippen LogP contribution >= 0.6 is 28.1 Å². The SMILES string of the molecule is Cc1ccc(C(=O)NC(=S)NNC(=O)COc2ccccc2C)cc1Br. The molecule has 136 valence electrons. The summed E-state index contributed by atoms with van der Waals surface area (Å²) in [4.78, 5) is 23.9. The van der Waals surface area contributed by atoms with Crippen LogP contribution in [0.3, 0.4) is 0 Å². The molecule has 0 unspecified atom stereocenters. The highest BCUT2D eigenvalue weighted by atomic mass is 79.9. The van der Waals surface area contributed by atoms with Crippen molar-refractivity contribution in [3.05, 3.63) is 63.6 Å². The van der Waals surface area contributed by atoms with E-state index in [0.717, 1.165) is 15.6 Å². The maximum absolute atomic E-state index is 12.1. The lowest BCUT2D eigenvalue weighted by molar-refractivity contribution is -0.123. The summed E-state index contributed by atoms with van der Waals surface area (Å²) in [6, 6.07) is 12.6. The second kappa shape index (κ2) is 9.30. The minimum absolute atomic E-state index is 0.0176. The fourth-order valence-electron chi connectivity index (χ4n) is 1.96. The van der Waals surface area contributed by atoms with Gasteiger partial charge >= 0.3 is 0 Å². The standard InChI is InChI=1S/C18H18BrN3O3S/c1-11-7-8-13(9-14(11)19)17(24)20-18(26)22-21-16(23)10-25-15-6-4-3-5-12(15)2/h3-9H,10H2,1-2H3,(H,21,23)(H2,20,22,24,26). The van der Waals surface area contributed by atoms with Crippen LogP contribution in [-0.4, -0.2) is 23.5 Å². The van der Waals surface area contributed by atoms with Gasteiger partial charge in [-0.3, -0.25) is 25.8 Å². The lowest BCUT2D eigenvalue weighted by atomic mass is 10.1. The van der Waals surface area contributed by atoms with Crippen molar-refractivity contribution in [1.29, 1.82) is 0 Å². The number of hydrogen-bond donors (Lipinski definition) is 3. The van der Waals surface area contributed by atoms with Gasteiger partial charge in [-0.2, -0.15) is 0 Å². The Morgan fingerprint density at radius 1 is 1.08 bits per heavy atom. The van der Waals surface area contributed by atoms with Crippen molar-refractivity contribution in [2.75, 3.05) is 6.61 Å². The smallest absolute Gasteiger partial charge is 0.276 e. The molecule has 0 atom stereocenters. The molecule has 2 amide bonds. The molecule has 3 N–H and O–H groups in total.